The van der Waals surface area contributed by atoms with Gasteiger partial charge in [-0.2, -0.15) is 0 Å². The van der Waals surface area contributed by atoms with Gasteiger partial charge in [-0.05, 0) is 80.0 Å². The SMILES string of the molecule is Cc1ccc(OCCN(C)C)cc1C(=O)NC1(c2cc(O)cc3ccccc23)CC1. The summed E-state index contributed by atoms with van der Waals surface area (Å²) in [6.45, 7) is 3.31. The van der Waals surface area contributed by atoms with Gasteiger partial charge in [0.25, 0.3) is 5.91 Å². The number of aryl methyl sites for hydroxylation is 1. The fourth-order valence-corrected chi connectivity index (χ4v) is 3.84. The molecule has 1 saturated carbocycles. The maximum atomic E-state index is 13.2. The molecule has 0 aliphatic heterocycles. The van der Waals surface area contributed by atoms with Gasteiger partial charge in [-0.3, -0.25) is 4.79 Å². The maximum absolute atomic E-state index is 13.2. The smallest absolute Gasteiger partial charge is 0.252 e. The summed E-state index contributed by atoms with van der Waals surface area (Å²) in [5.41, 5.74) is 2.06. The molecule has 1 amide bonds. The van der Waals surface area contributed by atoms with Crippen LogP contribution in [0.4, 0.5) is 0 Å². The van der Waals surface area contributed by atoms with Crippen molar-refractivity contribution in [1.29, 1.82) is 0 Å². The largest absolute Gasteiger partial charge is 0.508 e. The molecule has 0 bridgehead atoms. The van der Waals surface area contributed by atoms with Crippen LogP contribution in [-0.2, 0) is 5.54 Å². The Labute approximate surface area is 177 Å². The number of phenols is 1. The quantitative estimate of drug-likeness (QED) is 0.619. The molecule has 0 atom stereocenters. The topological polar surface area (TPSA) is 61.8 Å². The van der Waals surface area contributed by atoms with Crippen molar-refractivity contribution in [3.8, 4) is 11.5 Å². The van der Waals surface area contributed by atoms with Gasteiger partial charge in [0.05, 0.1) is 5.54 Å². The second-order valence-corrected chi connectivity index (χ2v) is 8.38. The van der Waals surface area contributed by atoms with Gasteiger partial charge in [0.1, 0.15) is 18.1 Å². The third kappa shape index (κ3) is 4.12. The summed E-state index contributed by atoms with van der Waals surface area (Å²) in [5, 5.41) is 15.5. The maximum Gasteiger partial charge on any atom is 0.252 e. The lowest BCUT2D eigenvalue weighted by molar-refractivity contribution is 0.0930. The van der Waals surface area contributed by atoms with Gasteiger partial charge in [-0.25, -0.2) is 0 Å². The third-order valence-corrected chi connectivity index (χ3v) is 5.73. The molecule has 3 aromatic rings. The van der Waals surface area contributed by atoms with E-state index in [1.165, 1.54) is 0 Å². The van der Waals surface area contributed by atoms with Crippen LogP contribution in [0.1, 0.15) is 34.3 Å². The number of phenolic OH excluding ortho intramolecular Hbond substituents is 1. The highest BCUT2D eigenvalue weighted by molar-refractivity contribution is 5.98. The van der Waals surface area contributed by atoms with E-state index in [2.05, 4.69) is 10.2 Å². The van der Waals surface area contributed by atoms with E-state index in [1.807, 2.05) is 63.5 Å². The van der Waals surface area contributed by atoms with Gasteiger partial charge in [0, 0.05) is 12.1 Å². The van der Waals surface area contributed by atoms with Crippen molar-refractivity contribution in [3.05, 3.63) is 71.3 Å². The van der Waals surface area contributed by atoms with Crippen LogP contribution in [0.3, 0.4) is 0 Å². The second-order valence-electron chi connectivity index (χ2n) is 8.38. The molecular formula is C25H28N2O3. The Morgan fingerprint density at radius 1 is 1.13 bits per heavy atom. The summed E-state index contributed by atoms with van der Waals surface area (Å²) >= 11 is 0. The van der Waals surface area contributed by atoms with Crippen molar-refractivity contribution < 1.29 is 14.6 Å². The fourth-order valence-electron chi connectivity index (χ4n) is 3.84. The van der Waals surface area contributed by atoms with E-state index < -0.39 is 5.54 Å². The standard InChI is InChI=1S/C25H28N2O3/c1-17-8-9-20(30-13-12-27(2)3)16-22(17)24(29)26-25(10-11-25)23-15-19(28)14-18-6-4-5-7-21(18)23/h4-9,14-16,28H,10-13H2,1-3H3,(H,26,29). The number of hydrogen-bond donors (Lipinski definition) is 2. The molecule has 5 nitrogen and oxygen atoms in total. The number of carbonyl (C=O) groups excluding carboxylic acids is 1. The minimum Gasteiger partial charge on any atom is -0.508 e. The average molecular weight is 405 g/mol. The van der Waals surface area contributed by atoms with Crippen molar-refractivity contribution in [1.82, 2.24) is 10.2 Å². The van der Waals surface area contributed by atoms with E-state index in [9.17, 15) is 9.90 Å². The molecule has 1 fully saturated rings. The van der Waals surface area contributed by atoms with Crippen LogP contribution in [-0.4, -0.2) is 43.2 Å². The van der Waals surface area contributed by atoms with E-state index >= 15 is 0 Å². The van der Waals surface area contributed by atoms with Crippen LogP contribution in [0.15, 0.2) is 54.6 Å². The number of carbonyl (C=O) groups is 1. The molecule has 0 unspecified atom stereocenters. The van der Waals surface area contributed by atoms with Crippen LogP contribution in [0.2, 0.25) is 0 Å². The predicted octanol–water partition coefficient (Wildman–Crippen LogP) is 4.21. The molecular weight excluding hydrogens is 376 g/mol. The summed E-state index contributed by atoms with van der Waals surface area (Å²) in [6, 6.07) is 17.1. The Bertz CT molecular complexity index is 1090. The summed E-state index contributed by atoms with van der Waals surface area (Å²) in [5.74, 6) is 0.799. The molecule has 5 heteroatoms. The lowest BCUT2D eigenvalue weighted by atomic mass is 9.95. The highest BCUT2D eigenvalue weighted by Gasteiger charge is 2.47. The zero-order valence-electron chi connectivity index (χ0n) is 17.7. The first-order chi connectivity index (χ1) is 14.4. The summed E-state index contributed by atoms with van der Waals surface area (Å²) in [7, 11) is 4.00. The monoisotopic (exact) mass is 404 g/mol. The van der Waals surface area contributed by atoms with E-state index in [-0.39, 0.29) is 11.7 Å². The Morgan fingerprint density at radius 2 is 1.90 bits per heavy atom. The van der Waals surface area contributed by atoms with E-state index in [0.717, 1.165) is 41.3 Å². The van der Waals surface area contributed by atoms with Gasteiger partial charge in [0.2, 0.25) is 0 Å². The van der Waals surface area contributed by atoms with Crippen LogP contribution in [0.25, 0.3) is 10.8 Å². The van der Waals surface area contributed by atoms with Crippen molar-refractivity contribution in [3.63, 3.8) is 0 Å². The van der Waals surface area contributed by atoms with Crippen LogP contribution in [0, 0.1) is 6.92 Å². The lowest BCUT2D eigenvalue weighted by Crippen LogP contribution is -2.35. The van der Waals surface area contributed by atoms with E-state index in [4.69, 9.17) is 4.74 Å². The number of benzene rings is 3. The lowest BCUT2D eigenvalue weighted by Gasteiger charge is -2.21. The molecule has 1 aliphatic carbocycles. The van der Waals surface area contributed by atoms with Crippen molar-refractivity contribution in [2.24, 2.45) is 0 Å². The number of amides is 1. The summed E-state index contributed by atoms with van der Waals surface area (Å²) in [6.07, 6.45) is 1.70. The van der Waals surface area contributed by atoms with Crippen molar-refractivity contribution in [2.45, 2.75) is 25.3 Å². The molecule has 4 rings (SSSR count). The number of nitrogens with one attached hydrogen (secondary N) is 1. The second kappa shape index (κ2) is 8.00. The first-order valence-electron chi connectivity index (χ1n) is 10.3. The van der Waals surface area contributed by atoms with Gasteiger partial charge >= 0.3 is 0 Å². The summed E-state index contributed by atoms with van der Waals surface area (Å²) < 4.78 is 5.81. The van der Waals surface area contributed by atoms with Crippen LogP contribution >= 0.6 is 0 Å². The van der Waals surface area contributed by atoms with Gasteiger partial charge in [-0.15, -0.1) is 0 Å². The first-order valence-corrected chi connectivity index (χ1v) is 10.3. The minimum atomic E-state index is -0.441. The normalized spacial score (nSPS) is 14.7. The number of aromatic hydroxyl groups is 1. The molecule has 0 saturated heterocycles. The van der Waals surface area contributed by atoms with Crippen molar-refractivity contribution in [2.75, 3.05) is 27.2 Å². The number of hydrogen-bond acceptors (Lipinski definition) is 4. The highest BCUT2D eigenvalue weighted by Crippen LogP contribution is 2.49. The van der Waals surface area contributed by atoms with E-state index in [0.29, 0.717) is 17.9 Å². The molecule has 0 spiro atoms. The molecule has 156 valence electrons. The summed E-state index contributed by atoms with van der Waals surface area (Å²) in [4.78, 5) is 15.3. The number of ether oxygens (including phenoxy) is 1. The average Bonchev–Trinajstić information content (AvgIpc) is 3.48. The number of fused-ring (bicyclic) bond motifs is 1. The number of likely N-dealkylation sites (N-methyl/N-ethyl adjacent to an activating group) is 1. The Morgan fingerprint density at radius 3 is 2.63 bits per heavy atom. The molecule has 30 heavy (non-hydrogen) atoms. The number of nitrogens with zero attached hydrogens (tertiary/aromatic N) is 1. The van der Waals surface area contributed by atoms with E-state index in [1.54, 1.807) is 12.1 Å². The van der Waals surface area contributed by atoms with Gasteiger partial charge in [-0.1, -0.05) is 30.3 Å². The molecule has 0 radical (unpaired) electrons. The first kappa shape index (κ1) is 20.2. The molecule has 0 aromatic heterocycles. The van der Waals surface area contributed by atoms with Crippen molar-refractivity contribution >= 4 is 16.7 Å². The predicted molar refractivity (Wildman–Crippen MR) is 119 cm³/mol. The molecule has 2 N–H and O–H groups in total. The third-order valence-electron chi connectivity index (χ3n) is 5.73. The minimum absolute atomic E-state index is 0.115. The van der Waals surface area contributed by atoms with Gasteiger partial charge < -0.3 is 20.1 Å². The zero-order chi connectivity index (χ0) is 21.3. The molecule has 0 heterocycles. The zero-order valence-corrected chi connectivity index (χ0v) is 17.7. The Hall–Kier alpha value is -3.05. The van der Waals surface area contributed by atoms with Crippen LogP contribution in [0.5, 0.6) is 11.5 Å². The highest BCUT2D eigenvalue weighted by atomic mass is 16.5. The Kier molecular flexibility index (Phi) is 5.39. The van der Waals surface area contributed by atoms with Crippen LogP contribution < -0.4 is 10.1 Å². The van der Waals surface area contributed by atoms with Gasteiger partial charge in [0.15, 0.2) is 0 Å². The Balaban J connectivity index is 1.59. The molecule has 3 aromatic carbocycles. The molecule has 1 aliphatic rings. The fraction of sp³-hybridized carbons (Fsp3) is 0.320. The number of rotatable bonds is 7.